The first kappa shape index (κ1) is 27.7. The molecule has 0 spiro atoms. The Morgan fingerprint density at radius 1 is 0.477 bits per heavy atom. The number of aromatic nitrogens is 2. The molecule has 2 heterocycles. The molecule has 0 saturated heterocycles. The van der Waals surface area contributed by atoms with E-state index in [4.69, 9.17) is 4.98 Å². The SMILES string of the molecule is CC1(C)c2cc(Br)ccc2-c2ccc(-c3ccc(-c4ccccn4)nc3-c3ccc4c(c3)C(C)(C)c3cc(Br)ccc3-4)cc21. The van der Waals surface area contributed by atoms with Crippen molar-refractivity contribution in [3.8, 4) is 56.0 Å². The lowest BCUT2D eigenvalue weighted by Gasteiger charge is -2.23. The number of halogens is 2. The maximum atomic E-state index is 5.33. The van der Waals surface area contributed by atoms with Gasteiger partial charge in [0.25, 0.3) is 0 Å². The molecule has 0 amide bonds. The third kappa shape index (κ3) is 4.11. The third-order valence-corrected chi connectivity index (χ3v) is 10.7. The zero-order valence-electron chi connectivity index (χ0n) is 25.0. The molecule has 0 unspecified atom stereocenters. The van der Waals surface area contributed by atoms with Gasteiger partial charge in [0.2, 0.25) is 0 Å². The van der Waals surface area contributed by atoms with Gasteiger partial charge >= 0.3 is 0 Å². The Kier molecular flexibility index (Phi) is 6.18. The number of pyridine rings is 2. The van der Waals surface area contributed by atoms with Crippen LogP contribution in [0.3, 0.4) is 0 Å². The van der Waals surface area contributed by atoms with Gasteiger partial charge in [-0.25, -0.2) is 4.98 Å². The first-order valence-electron chi connectivity index (χ1n) is 15.0. The van der Waals surface area contributed by atoms with E-state index in [1.807, 2.05) is 24.4 Å². The molecule has 0 aliphatic heterocycles. The van der Waals surface area contributed by atoms with Crippen LogP contribution in [-0.4, -0.2) is 9.97 Å². The van der Waals surface area contributed by atoms with Crippen molar-refractivity contribution >= 4 is 31.9 Å². The Hall–Kier alpha value is -3.86. The topological polar surface area (TPSA) is 25.8 Å². The van der Waals surface area contributed by atoms with E-state index in [1.54, 1.807) is 0 Å². The first-order chi connectivity index (χ1) is 21.1. The number of nitrogens with zero attached hydrogens (tertiary/aromatic N) is 2. The van der Waals surface area contributed by atoms with Crippen LogP contribution in [0.4, 0.5) is 0 Å². The lowest BCUT2D eigenvalue weighted by Crippen LogP contribution is -2.15. The summed E-state index contributed by atoms with van der Waals surface area (Å²) in [6.45, 7) is 9.31. The number of benzene rings is 4. The molecule has 0 fully saturated rings. The highest BCUT2D eigenvalue weighted by Crippen LogP contribution is 2.52. The van der Waals surface area contributed by atoms with E-state index in [2.05, 4.69) is 149 Å². The third-order valence-electron chi connectivity index (χ3n) is 9.68. The van der Waals surface area contributed by atoms with Crippen LogP contribution < -0.4 is 0 Å². The summed E-state index contributed by atoms with van der Waals surface area (Å²) in [6, 6.07) is 37.4. The molecule has 4 aromatic carbocycles. The lowest BCUT2D eigenvalue weighted by atomic mass is 9.81. The summed E-state index contributed by atoms with van der Waals surface area (Å²) >= 11 is 7.40. The molecule has 44 heavy (non-hydrogen) atoms. The number of hydrogen-bond donors (Lipinski definition) is 0. The van der Waals surface area contributed by atoms with Crippen LogP contribution in [-0.2, 0) is 10.8 Å². The molecule has 2 aliphatic carbocycles. The summed E-state index contributed by atoms with van der Waals surface area (Å²) in [5.74, 6) is 0. The first-order valence-corrected chi connectivity index (χ1v) is 16.5. The molecule has 0 radical (unpaired) electrons. The molecule has 0 N–H and O–H groups in total. The van der Waals surface area contributed by atoms with Gasteiger partial charge in [-0.1, -0.05) is 102 Å². The fraction of sp³-hybridized carbons (Fsp3) is 0.150. The van der Waals surface area contributed by atoms with Crippen molar-refractivity contribution < 1.29 is 0 Å². The molecular formula is C40H30Br2N2. The molecule has 8 rings (SSSR count). The summed E-state index contributed by atoms with van der Waals surface area (Å²) in [7, 11) is 0. The minimum atomic E-state index is -0.124. The molecule has 0 atom stereocenters. The van der Waals surface area contributed by atoms with Crippen molar-refractivity contribution in [2.24, 2.45) is 0 Å². The van der Waals surface area contributed by atoms with Gasteiger partial charge in [-0.05, 0) is 111 Å². The van der Waals surface area contributed by atoms with Gasteiger partial charge in [0.05, 0.1) is 17.1 Å². The summed E-state index contributed by atoms with van der Waals surface area (Å²) in [5, 5.41) is 0. The lowest BCUT2D eigenvalue weighted by molar-refractivity contribution is 0.660. The van der Waals surface area contributed by atoms with Crippen molar-refractivity contribution in [1.29, 1.82) is 0 Å². The Morgan fingerprint density at radius 2 is 0.977 bits per heavy atom. The van der Waals surface area contributed by atoms with E-state index in [0.29, 0.717) is 0 Å². The van der Waals surface area contributed by atoms with Crippen LogP contribution >= 0.6 is 31.9 Å². The zero-order chi connectivity index (χ0) is 30.4. The highest BCUT2D eigenvalue weighted by Gasteiger charge is 2.37. The number of hydrogen-bond acceptors (Lipinski definition) is 2. The van der Waals surface area contributed by atoms with Crippen LogP contribution in [0.15, 0.2) is 118 Å². The monoisotopic (exact) mass is 696 g/mol. The van der Waals surface area contributed by atoms with Crippen LogP contribution in [0.25, 0.3) is 56.0 Å². The Morgan fingerprint density at radius 3 is 1.55 bits per heavy atom. The van der Waals surface area contributed by atoms with Crippen molar-refractivity contribution in [3.63, 3.8) is 0 Å². The predicted molar refractivity (Wildman–Crippen MR) is 189 cm³/mol. The Bertz CT molecular complexity index is 2140. The molecule has 0 saturated carbocycles. The standard InChI is InChI=1S/C40H30Br2N2/c1-39(2)32-19-23(8-12-28(32)30-14-10-25(41)21-34(30)39)27-16-17-37(36-7-5-6-18-43-36)44-38(27)24-9-13-29-31-15-11-26(42)22-35(31)40(3,4)33(29)20-24/h5-22H,1-4H3. The van der Waals surface area contributed by atoms with Gasteiger partial charge in [-0.2, -0.15) is 0 Å². The molecule has 6 aromatic rings. The second kappa shape index (κ2) is 9.82. The summed E-state index contributed by atoms with van der Waals surface area (Å²) < 4.78 is 2.22. The number of rotatable bonds is 3. The smallest absolute Gasteiger partial charge is 0.0894 e. The quantitative estimate of drug-likeness (QED) is 0.184. The normalized spacial score (nSPS) is 15.0. The van der Waals surface area contributed by atoms with Crippen molar-refractivity contribution in [3.05, 3.63) is 141 Å². The van der Waals surface area contributed by atoms with Gasteiger partial charge < -0.3 is 0 Å². The molecule has 214 valence electrons. The van der Waals surface area contributed by atoms with Gasteiger partial charge in [0, 0.05) is 37.1 Å². The van der Waals surface area contributed by atoms with E-state index in [1.165, 1.54) is 50.1 Å². The fourth-order valence-electron chi connectivity index (χ4n) is 7.30. The maximum absolute atomic E-state index is 5.33. The largest absolute Gasteiger partial charge is 0.255 e. The van der Waals surface area contributed by atoms with Gasteiger partial charge in [0.15, 0.2) is 0 Å². The van der Waals surface area contributed by atoms with Crippen LogP contribution in [0, 0.1) is 0 Å². The minimum Gasteiger partial charge on any atom is -0.255 e. The number of fused-ring (bicyclic) bond motifs is 6. The molecule has 2 aliphatic rings. The van der Waals surface area contributed by atoms with Crippen LogP contribution in [0.5, 0.6) is 0 Å². The Labute approximate surface area is 275 Å². The van der Waals surface area contributed by atoms with E-state index in [9.17, 15) is 0 Å². The minimum absolute atomic E-state index is 0.108. The van der Waals surface area contributed by atoms with E-state index in [-0.39, 0.29) is 10.8 Å². The van der Waals surface area contributed by atoms with Crippen LogP contribution in [0.2, 0.25) is 0 Å². The van der Waals surface area contributed by atoms with Crippen molar-refractivity contribution in [2.75, 3.05) is 0 Å². The van der Waals surface area contributed by atoms with Crippen molar-refractivity contribution in [2.45, 2.75) is 38.5 Å². The average molecular weight is 699 g/mol. The second-order valence-corrected chi connectivity index (χ2v) is 14.8. The molecule has 0 bridgehead atoms. The molecule has 2 aromatic heterocycles. The van der Waals surface area contributed by atoms with E-state index < -0.39 is 0 Å². The second-order valence-electron chi connectivity index (χ2n) is 13.0. The highest BCUT2D eigenvalue weighted by atomic mass is 79.9. The highest BCUT2D eigenvalue weighted by molar-refractivity contribution is 9.10. The van der Waals surface area contributed by atoms with Crippen molar-refractivity contribution in [1.82, 2.24) is 9.97 Å². The summed E-state index contributed by atoms with van der Waals surface area (Å²) in [6.07, 6.45) is 1.83. The fourth-order valence-corrected chi connectivity index (χ4v) is 8.03. The van der Waals surface area contributed by atoms with E-state index in [0.717, 1.165) is 37.2 Å². The van der Waals surface area contributed by atoms with Crippen LogP contribution in [0.1, 0.15) is 49.9 Å². The van der Waals surface area contributed by atoms with Gasteiger partial charge in [-0.3, -0.25) is 4.98 Å². The van der Waals surface area contributed by atoms with Gasteiger partial charge in [0.1, 0.15) is 0 Å². The molecule has 2 nitrogen and oxygen atoms in total. The van der Waals surface area contributed by atoms with E-state index >= 15 is 0 Å². The average Bonchev–Trinajstić information content (AvgIpc) is 3.39. The maximum Gasteiger partial charge on any atom is 0.0894 e. The van der Waals surface area contributed by atoms with Gasteiger partial charge in [-0.15, -0.1) is 0 Å². The predicted octanol–water partition coefficient (Wildman–Crippen LogP) is 11.6. The zero-order valence-corrected chi connectivity index (χ0v) is 28.2. The molecular weight excluding hydrogens is 668 g/mol. The summed E-state index contributed by atoms with van der Waals surface area (Å²) in [4.78, 5) is 9.96. The molecule has 4 heteroatoms. The summed E-state index contributed by atoms with van der Waals surface area (Å²) in [5.41, 5.74) is 16.5. The Balaban J connectivity index is 1.32.